The van der Waals surface area contributed by atoms with Crippen LogP contribution in [0, 0.1) is 0 Å². The molecule has 0 spiro atoms. The summed E-state index contributed by atoms with van der Waals surface area (Å²) in [6, 6.07) is 1.25. The summed E-state index contributed by atoms with van der Waals surface area (Å²) in [6.45, 7) is 0. The maximum atomic E-state index is 13.5. The first-order valence-corrected chi connectivity index (χ1v) is 8.97. The minimum atomic E-state index is -4.92. The summed E-state index contributed by atoms with van der Waals surface area (Å²) < 4.78 is 79.7. The molecule has 5 nitrogen and oxygen atoms in total. The lowest BCUT2D eigenvalue weighted by Crippen LogP contribution is -2.43. The molecular weight excluding hydrogens is 434 g/mol. The van der Waals surface area contributed by atoms with Crippen LogP contribution in [0.15, 0.2) is 38.8 Å². The molecule has 0 aromatic heterocycles. The second kappa shape index (κ2) is 6.29. The average Bonchev–Trinajstić information content (AvgIpc) is 3.13. The fourth-order valence-corrected chi connectivity index (χ4v) is 4.25. The highest BCUT2D eigenvalue weighted by molar-refractivity contribution is 8.00. The third kappa shape index (κ3) is 3.22. The van der Waals surface area contributed by atoms with Crippen molar-refractivity contribution in [2.75, 3.05) is 10.2 Å². The average molecular weight is 443 g/mol. The molecule has 28 heavy (non-hydrogen) atoms. The van der Waals surface area contributed by atoms with Crippen molar-refractivity contribution in [2.45, 2.75) is 35.3 Å². The van der Waals surface area contributed by atoms with E-state index in [0.29, 0.717) is 15.5 Å². The Morgan fingerprint density at radius 2 is 1.89 bits per heavy atom. The summed E-state index contributed by atoms with van der Waals surface area (Å²) in [7, 11) is 0. The van der Waals surface area contributed by atoms with Gasteiger partial charge < -0.3 is 10.4 Å². The summed E-state index contributed by atoms with van der Waals surface area (Å²) in [5.74, 6) is -1.85. The van der Waals surface area contributed by atoms with Crippen LogP contribution in [0.25, 0.3) is 0 Å². The van der Waals surface area contributed by atoms with E-state index < -0.39 is 41.3 Å². The number of aliphatic hydroxyl groups excluding tert-OH is 1. The van der Waals surface area contributed by atoms with Crippen molar-refractivity contribution in [3.8, 4) is 0 Å². The zero-order valence-corrected chi connectivity index (χ0v) is 15.0. The standard InChI is InChI=1S/C15H9ClF6N4OS/c16-6-3-5(4-8-10(6)25-13(27)28-8)26-11-7(23-12(26)15(20,21)22)1-2-9(24-11)14(17,18)19/h2-4,7,13,25,27H,1H2/t7-,13?/m1/s1. The molecule has 150 valence electrons. The van der Waals surface area contributed by atoms with Gasteiger partial charge in [-0.05, 0) is 18.6 Å². The lowest BCUT2D eigenvalue weighted by atomic mass is 10.1. The highest BCUT2D eigenvalue weighted by Crippen LogP contribution is 2.46. The van der Waals surface area contributed by atoms with Crippen molar-refractivity contribution in [1.82, 2.24) is 0 Å². The highest BCUT2D eigenvalue weighted by atomic mass is 35.5. The zero-order valence-electron chi connectivity index (χ0n) is 13.4. The van der Waals surface area contributed by atoms with Gasteiger partial charge in [-0.25, -0.2) is 4.99 Å². The Morgan fingerprint density at radius 3 is 2.54 bits per heavy atom. The van der Waals surface area contributed by atoms with Gasteiger partial charge in [0.25, 0.3) is 0 Å². The number of allylic oxidation sites excluding steroid dienone is 1. The van der Waals surface area contributed by atoms with Crippen LogP contribution in [0.3, 0.4) is 0 Å². The van der Waals surface area contributed by atoms with Gasteiger partial charge >= 0.3 is 12.4 Å². The molecule has 0 saturated heterocycles. The molecular formula is C15H9ClF6N4OS. The van der Waals surface area contributed by atoms with E-state index in [0.717, 1.165) is 23.9 Å². The number of hydrogen-bond acceptors (Lipinski definition) is 6. The number of nitrogens with one attached hydrogen (secondary N) is 1. The summed E-state index contributed by atoms with van der Waals surface area (Å²) in [5.41, 5.74) is -2.14. The Balaban J connectivity index is 1.84. The Labute approximate surface area is 162 Å². The molecule has 0 bridgehead atoms. The molecule has 0 saturated carbocycles. The van der Waals surface area contributed by atoms with E-state index in [1.807, 2.05) is 0 Å². The van der Waals surface area contributed by atoms with Crippen LogP contribution < -0.4 is 10.2 Å². The quantitative estimate of drug-likeness (QED) is 0.627. The number of fused-ring (bicyclic) bond motifs is 2. The molecule has 3 aliphatic rings. The smallest absolute Gasteiger partial charge is 0.364 e. The number of amidine groups is 2. The van der Waals surface area contributed by atoms with Crippen molar-refractivity contribution >= 4 is 46.4 Å². The molecule has 1 aromatic carbocycles. The molecule has 4 rings (SSSR count). The monoisotopic (exact) mass is 442 g/mol. The Kier molecular flexibility index (Phi) is 4.36. The molecule has 2 N–H and O–H groups in total. The molecule has 13 heteroatoms. The number of hydrogen-bond donors (Lipinski definition) is 2. The van der Waals surface area contributed by atoms with Crippen LogP contribution in [0.4, 0.5) is 37.7 Å². The second-order valence-corrected chi connectivity index (χ2v) is 7.54. The van der Waals surface area contributed by atoms with Crippen LogP contribution in [0.2, 0.25) is 5.02 Å². The lowest BCUT2D eigenvalue weighted by molar-refractivity contribution is -0.0928. The first kappa shape index (κ1) is 19.4. The highest BCUT2D eigenvalue weighted by Gasteiger charge is 2.50. The van der Waals surface area contributed by atoms with E-state index >= 15 is 0 Å². The van der Waals surface area contributed by atoms with Crippen LogP contribution in [0.5, 0.6) is 0 Å². The van der Waals surface area contributed by atoms with Crippen molar-refractivity contribution in [3.05, 3.63) is 28.9 Å². The molecule has 2 atom stereocenters. The predicted octanol–water partition coefficient (Wildman–Crippen LogP) is 4.53. The fraction of sp³-hybridized carbons (Fsp3) is 0.333. The van der Waals surface area contributed by atoms with E-state index in [2.05, 4.69) is 15.3 Å². The summed E-state index contributed by atoms with van der Waals surface area (Å²) in [6.07, 6.45) is -9.36. The number of alkyl halides is 6. The molecule has 1 aromatic rings. The van der Waals surface area contributed by atoms with E-state index in [-0.39, 0.29) is 17.1 Å². The zero-order chi connectivity index (χ0) is 20.4. The number of anilines is 2. The van der Waals surface area contributed by atoms with Crippen LogP contribution in [-0.2, 0) is 0 Å². The minimum absolute atomic E-state index is 0.00419. The van der Waals surface area contributed by atoms with Crippen molar-refractivity contribution in [1.29, 1.82) is 0 Å². The minimum Gasteiger partial charge on any atom is -0.364 e. The van der Waals surface area contributed by atoms with Gasteiger partial charge in [0.05, 0.1) is 16.4 Å². The van der Waals surface area contributed by atoms with Gasteiger partial charge in [-0.2, -0.15) is 26.3 Å². The molecule has 1 unspecified atom stereocenters. The number of nitrogens with zero attached hydrogens (tertiary/aromatic N) is 3. The number of rotatable bonds is 1. The van der Waals surface area contributed by atoms with Gasteiger partial charge in [0.15, 0.2) is 5.56 Å². The van der Waals surface area contributed by atoms with Gasteiger partial charge in [0.2, 0.25) is 5.84 Å². The van der Waals surface area contributed by atoms with Gasteiger partial charge in [0.1, 0.15) is 17.6 Å². The van der Waals surface area contributed by atoms with Gasteiger partial charge in [-0.15, -0.1) is 0 Å². The summed E-state index contributed by atoms with van der Waals surface area (Å²) in [5, 5.41) is 12.3. The van der Waals surface area contributed by atoms with Crippen molar-refractivity contribution in [2.24, 2.45) is 9.98 Å². The maximum absolute atomic E-state index is 13.5. The van der Waals surface area contributed by atoms with Crippen LogP contribution in [-0.4, -0.2) is 40.7 Å². The maximum Gasteiger partial charge on any atom is 0.449 e. The first-order chi connectivity index (χ1) is 12.9. The van der Waals surface area contributed by atoms with E-state index in [4.69, 9.17) is 11.6 Å². The summed E-state index contributed by atoms with van der Waals surface area (Å²) >= 11 is 6.99. The molecule has 0 radical (unpaired) electrons. The third-order valence-electron chi connectivity index (χ3n) is 4.13. The molecule has 0 fully saturated rings. The number of aliphatic imine (C=N–C) groups is 2. The largest absolute Gasteiger partial charge is 0.449 e. The van der Waals surface area contributed by atoms with E-state index in [1.54, 1.807) is 0 Å². The summed E-state index contributed by atoms with van der Waals surface area (Å²) in [4.78, 5) is 7.87. The van der Waals surface area contributed by atoms with Crippen LogP contribution in [0.1, 0.15) is 6.42 Å². The molecule has 0 amide bonds. The normalized spacial score (nSPS) is 24.3. The Morgan fingerprint density at radius 1 is 1.18 bits per heavy atom. The SMILES string of the molecule is OC1Nc2c(Cl)cc(N3C4=NC(C(F)(F)F)=CC[C@H]4N=C3C(F)(F)F)cc2S1. The number of aliphatic hydroxyl groups is 1. The molecule has 0 aliphatic carbocycles. The van der Waals surface area contributed by atoms with Crippen LogP contribution >= 0.6 is 23.4 Å². The molecule has 3 heterocycles. The third-order valence-corrected chi connectivity index (χ3v) is 5.35. The second-order valence-electron chi connectivity index (χ2n) is 6.01. The van der Waals surface area contributed by atoms with E-state index in [1.165, 1.54) is 6.07 Å². The molecule has 3 aliphatic heterocycles. The van der Waals surface area contributed by atoms with E-state index in [9.17, 15) is 31.4 Å². The Hall–Kier alpha value is -1.92. The Bertz CT molecular complexity index is 942. The van der Waals surface area contributed by atoms with Crippen molar-refractivity contribution in [3.63, 3.8) is 0 Å². The number of halogens is 7. The van der Waals surface area contributed by atoms with Crippen molar-refractivity contribution < 1.29 is 31.4 Å². The van der Waals surface area contributed by atoms with Gasteiger partial charge in [0, 0.05) is 4.90 Å². The topological polar surface area (TPSA) is 60.2 Å². The number of benzene rings is 1. The van der Waals surface area contributed by atoms with Gasteiger partial charge in [-0.3, -0.25) is 9.89 Å². The number of thioether (sulfide) groups is 1. The first-order valence-electron chi connectivity index (χ1n) is 7.71. The predicted molar refractivity (Wildman–Crippen MR) is 92.9 cm³/mol. The lowest BCUT2D eigenvalue weighted by Gasteiger charge is -2.26. The van der Waals surface area contributed by atoms with Gasteiger partial charge in [-0.1, -0.05) is 29.4 Å². The fourth-order valence-electron chi connectivity index (χ4n) is 3.03.